The van der Waals surface area contributed by atoms with Crippen LogP contribution in [0.4, 0.5) is 5.69 Å². The number of ether oxygens (including phenoxy) is 1. The molecule has 214 valence electrons. The zero-order chi connectivity index (χ0) is 29.3. The molecule has 0 spiro atoms. The van der Waals surface area contributed by atoms with Crippen LogP contribution in [0.3, 0.4) is 0 Å². The van der Waals surface area contributed by atoms with E-state index in [1.807, 2.05) is 36.6 Å². The van der Waals surface area contributed by atoms with Gasteiger partial charge in [0.1, 0.15) is 0 Å². The van der Waals surface area contributed by atoms with Crippen LogP contribution in [0, 0.1) is 6.92 Å². The molecule has 6 rings (SSSR count). The summed E-state index contributed by atoms with van der Waals surface area (Å²) in [6.07, 6.45) is 13.5. The van der Waals surface area contributed by atoms with Crippen molar-refractivity contribution in [1.82, 2.24) is 9.88 Å². The molecular weight excluding hydrogens is 518 g/mol. The SMILES string of the molecule is CCCCCN(C)c1ccc(C2(c3c(C)n(CC)c4ccccc34)OC(=O)c3cccc(C4=CC=CC=CN4)c32)cc1. The number of nitrogens with one attached hydrogen (secondary N) is 1. The van der Waals surface area contributed by atoms with Crippen molar-refractivity contribution in [3.63, 3.8) is 0 Å². The van der Waals surface area contributed by atoms with Crippen LogP contribution < -0.4 is 10.2 Å². The second-order valence-corrected chi connectivity index (χ2v) is 11.2. The largest absolute Gasteiger partial charge is 0.440 e. The summed E-state index contributed by atoms with van der Waals surface area (Å²) < 4.78 is 9.05. The van der Waals surface area contributed by atoms with Crippen molar-refractivity contribution in [2.45, 2.75) is 52.2 Å². The number of carbonyl (C=O) groups excluding carboxylic acids is 1. The van der Waals surface area contributed by atoms with Gasteiger partial charge in [0.2, 0.25) is 0 Å². The van der Waals surface area contributed by atoms with E-state index in [1.165, 1.54) is 12.8 Å². The van der Waals surface area contributed by atoms with Crippen LogP contribution in [-0.4, -0.2) is 24.1 Å². The van der Waals surface area contributed by atoms with Crippen LogP contribution in [0.5, 0.6) is 0 Å². The zero-order valence-electron chi connectivity index (χ0n) is 25.0. The lowest BCUT2D eigenvalue weighted by Gasteiger charge is -2.33. The van der Waals surface area contributed by atoms with Crippen LogP contribution in [0.2, 0.25) is 0 Å². The maximum atomic E-state index is 13.9. The van der Waals surface area contributed by atoms with Gasteiger partial charge in [0.05, 0.1) is 5.56 Å². The molecule has 3 aromatic carbocycles. The fourth-order valence-electron chi connectivity index (χ4n) is 6.68. The summed E-state index contributed by atoms with van der Waals surface area (Å²) in [4.78, 5) is 16.2. The zero-order valence-corrected chi connectivity index (χ0v) is 25.0. The smallest absolute Gasteiger partial charge is 0.340 e. The molecule has 0 radical (unpaired) electrons. The van der Waals surface area contributed by atoms with Crippen molar-refractivity contribution >= 4 is 28.3 Å². The summed E-state index contributed by atoms with van der Waals surface area (Å²) in [6, 6.07) is 23.0. The molecule has 5 heteroatoms. The van der Waals surface area contributed by atoms with Crippen LogP contribution >= 0.6 is 0 Å². The van der Waals surface area contributed by atoms with Crippen molar-refractivity contribution in [2.75, 3.05) is 18.5 Å². The maximum absolute atomic E-state index is 13.9. The van der Waals surface area contributed by atoms with Crippen molar-refractivity contribution in [2.24, 2.45) is 0 Å². The number of para-hydroxylation sites is 1. The van der Waals surface area contributed by atoms with E-state index in [1.54, 1.807) is 0 Å². The fraction of sp³-hybridized carbons (Fsp3) is 0.270. The molecule has 3 heterocycles. The molecule has 2 aliphatic heterocycles. The molecule has 0 amide bonds. The maximum Gasteiger partial charge on any atom is 0.340 e. The highest BCUT2D eigenvalue weighted by atomic mass is 16.6. The number of fused-ring (bicyclic) bond motifs is 2. The van der Waals surface area contributed by atoms with Gasteiger partial charge in [0.25, 0.3) is 0 Å². The molecule has 1 atom stereocenters. The number of anilines is 1. The van der Waals surface area contributed by atoms with E-state index in [2.05, 4.69) is 103 Å². The number of rotatable bonds is 9. The first-order chi connectivity index (χ1) is 20.5. The van der Waals surface area contributed by atoms with E-state index >= 15 is 0 Å². The molecule has 0 bridgehead atoms. The van der Waals surface area contributed by atoms with Crippen molar-refractivity contribution in [3.8, 4) is 0 Å². The Morgan fingerprint density at radius 1 is 0.881 bits per heavy atom. The number of hydrogen-bond acceptors (Lipinski definition) is 4. The normalized spacial score (nSPS) is 17.5. The highest BCUT2D eigenvalue weighted by molar-refractivity contribution is 6.00. The van der Waals surface area contributed by atoms with Crippen molar-refractivity contribution in [1.29, 1.82) is 0 Å². The Bertz CT molecular complexity index is 1720. The van der Waals surface area contributed by atoms with Gasteiger partial charge in [-0.05, 0) is 56.7 Å². The third kappa shape index (κ3) is 4.44. The third-order valence-electron chi connectivity index (χ3n) is 8.70. The average Bonchev–Trinajstić information content (AvgIpc) is 3.31. The number of aryl methyl sites for hydroxylation is 1. The standard InChI is InChI=1S/C37H39N3O2/c1-5-7-13-25-39(4)28-22-20-27(21-23-28)37(34-26(3)40(6-2)33-19-11-10-15-30(33)34)35-29(32-18-9-8-12-24-38-32)16-14-17-31(35)36(41)42-37/h8-12,14-24,38H,5-7,13,25H2,1-4H3. The van der Waals surface area contributed by atoms with E-state index < -0.39 is 5.60 Å². The molecule has 4 aromatic rings. The minimum Gasteiger partial charge on any atom is -0.440 e. The number of benzene rings is 3. The summed E-state index contributed by atoms with van der Waals surface area (Å²) in [6.45, 7) is 8.37. The molecule has 42 heavy (non-hydrogen) atoms. The molecular formula is C37H39N3O2. The van der Waals surface area contributed by atoms with Gasteiger partial charge in [0, 0.05) is 76.6 Å². The first-order valence-electron chi connectivity index (χ1n) is 15.1. The molecule has 0 saturated heterocycles. The molecule has 5 nitrogen and oxygen atoms in total. The lowest BCUT2D eigenvalue weighted by atomic mass is 9.76. The Labute approximate surface area is 248 Å². The predicted molar refractivity (Wildman–Crippen MR) is 173 cm³/mol. The van der Waals surface area contributed by atoms with E-state index in [4.69, 9.17) is 4.74 Å². The van der Waals surface area contributed by atoms with Crippen LogP contribution in [0.25, 0.3) is 16.6 Å². The van der Waals surface area contributed by atoms with Crippen molar-refractivity contribution < 1.29 is 9.53 Å². The lowest BCUT2D eigenvalue weighted by Crippen LogP contribution is -2.32. The molecule has 1 aromatic heterocycles. The summed E-state index contributed by atoms with van der Waals surface area (Å²) in [5.74, 6) is -0.305. The van der Waals surface area contributed by atoms with E-state index in [-0.39, 0.29) is 5.97 Å². The third-order valence-corrected chi connectivity index (χ3v) is 8.70. The number of allylic oxidation sites excluding steroid dienone is 4. The van der Waals surface area contributed by atoms with Gasteiger partial charge < -0.3 is 19.5 Å². The Hall–Kier alpha value is -4.51. The molecule has 0 aliphatic carbocycles. The highest BCUT2D eigenvalue weighted by Gasteiger charge is 2.52. The second-order valence-electron chi connectivity index (χ2n) is 11.2. The number of unbranched alkanes of at least 4 members (excludes halogenated alkanes) is 2. The molecule has 1 unspecified atom stereocenters. The quantitative estimate of drug-likeness (QED) is 0.167. The van der Waals surface area contributed by atoms with Gasteiger partial charge in [-0.2, -0.15) is 0 Å². The van der Waals surface area contributed by atoms with Crippen LogP contribution in [-0.2, 0) is 16.9 Å². The van der Waals surface area contributed by atoms with Crippen LogP contribution in [0.15, 0.2) is 97.2 Å². The number of carbonyl (C=O) groups is 1. The van der Waals surface area contributed by atoms with Crippen molar-refractivity contribution in [3.05, 3.63) is 131 Å². The Balaban J connectivity index is 1.63. The average molecular weight is 558 g/mol. The van der Waals surface area contributed by atoms with Gasteiger partial charge in [-0.25, -0.2) is 4.79 Å². The fourth-order valence-corrected chi connectivity index (χ4v) is 6.68. The van der Waals surface area contributed by atoms with Gasteiger partial charge >= 0.3 is 5.97 Å². The molecule has 2 aliphatic rings. The van der Waals surface area contributed by atoms with Crippen LogP contribution in [0.1, 0.15) is 71.4 Å². The summed E-state index contributed by atoms with van der Waals surface area (Å²) in [5, 5.41) is 4.53. The number of hydrogen-bond donors (Lipinski definition) is 1. The van der Waals surface area contributed by atoms with Gasteiger partial charge in [-0.15, -0.1) is 0 Å². The lowest BCUT2D eigenvalue weighted by molar-refractivity contribution is 0.0253. The summed E-state index contributed by atoms with van der Waals surface area (Å²) in [7, 11) is 2.15. The Morgan fingerprint density at radius 3 is 2.45 bits per heavy atom. The number of cyclic esters (lactones) is 1. The monoisotopic (exact) mass is 557 g/mol. The topological polar surface area (TPSA) is 46.5 Å². The van der Waals surface area contributed by atoms with E-state index in [0.29, 0.717) is 5.56 Å². The molecule has 1 N–H and O–H groups in total. The minimum absolute atomic E-state index is 0.305. The molecule has 0 fully saturated rings. The van der Waals surface area contributed by atoms with Gasteiger partial charge in [0.15, 0.2) is 5.60 Å². The first-order valence-corrected chi connectivity index (χ1v) is 15.1. The Kier molecular flexibility index (Phi) is 7.51. The Morgan fingerprint density at radius 2 is 1.67 bits per heavy atom. The van der Waals surface area contributed by atoms with E-state index in [0.717, 1.165) is 69.7 Å². The number of nitrogens with zero attached hydrogens (tertiary/aromatic N) is 2. The summed E-state index contributed by atoms with van der Waals surface area (Å²) >= 11 is 0. The molecule has 0 saturated carbocycles. The van der Waals surface area contributed by atoms with Gasteiger partial charge in [-0.1, -0.05) is 74.4 Å². The van der Waals surface area contributed by atoms with E-state index in [9.17, 15) is 4.79 Å². The second kappa shape index (κ2) is 11.4. The highest BCUT2D eigenvalue weighted by Crippen LogP contribution is 2.53. The summed E-state index contributed by atoms with van der Waals surface area (Å²) in [5.41, 5.74) is 7.56. The number of esters is 1. The first kappa shape index (κ1) is 27.6. The predicted octanol–water partition coefficient (Wildman–Crippen LogP) is 8.07. The number of aromatic nitrogens is 1. The minimum atomic E-state index is -1.13. The van der Waals surface area contributed by atoms with Gasteiger partial charge in [-0.3, -0.25) is 0 Å².